The minimum Gasteiger partial charge on any atom is -0.310 e. The van der Waals surface area contributed by atoms with E-state index in [0.29, 0.717) is 0 Å². The van der Waals surface area contributed by atoms with Gasteiger partial charge in [-0.25, -0.2) is 0 Å². The van der Waals surface area contributed by atoms with Crippen molar-refractivity contribution in [1.82, 2.24) is 10.2 Å². The highest BCUT2D eigenvalue weighted by Gasteiger charge is 2.36. The zero-order chi connectivity index (χ0) is 11.7. The van der Waals surface area contributed by atoms with Crippen LogP contribution < -0.4 is 5.32 Å². The van der Waals surface area contributed by atoms with Crippen molar-refractivity contribution in [3.63, 3.8) is 0 Å². The van der Waals surface area contributed by atoms with Gasteiger partial charge in [-0.3, -0.25) is 4.90 Å². The van der Waals surface area contributed by atoms with Crippen molar-refractivity contribution in [2.45, 2.75) is 76.4 Å². The first-order chi connectivity index (χ1) is 8.35. The molecule has 1 saturated heterocycles. The monoisotopic (exact) mass is 236 g/mol. The van der Waals surface area contributed by atoms with E-state index in [2.05, 4.69) is 17.1 Å². The molecule has 3 rings (SSSR count). The van der Waals surface area contributed by atoms with E-state index in [9.17, 15) is 0 Å². The van der Waals surface area contributed by atoms with Crippen LogP contribution in [-0.2, 0) is 0 Å². The molecule has 2 heteroatoms. The summed E-state index contributed by atoms with van der Waals surface area (Å²) >= 11 is 0. The molecule has 2 atom stereocenters. The van der Waals surface area contributed by atoms with Gasteiger partial charge in [-0.15, -0.1) is 0 Å². The molecule has 0 bridgehead atoms. The third-order valence-electron chi connectivity index (χ3n) is 5.03. The first-order valence-electron chi connectivity index (χ1n) is 7.85. The highest BCUT2D eigenvalue weighted by molar-refractivity contribution is 4.93. The number of rotatable bonds is 4. The maximum Gasteiger partial charge on any atom is 0.0200 e. The smallest absolute Gasteiger partial charge is 0.0200 e. The second kappa shape index (κ2) is 5.27. The standard InChI is InChI=1S/C15H28N2/c1-2-12-9-14(16-13-5-3-4-6-13)11-17(10-12)15-7-8-15/h12-16H,2-11H2,1H3. The van der Waals surface area contributed by atoms with E-state index in [1.807, 2.05) is 0 Å². The normalized spacial score (nSPS) is 36.5. The van der Waals surface area contributed by atoms with Gasteiger partial charge < -0.3 is 5.32 Å². The van der Waals surface area contributed by atoms with E-state index >= 15 is 0 Å². The lowest BCUT2D eigenvalue weighted by Crippen LogP contribution is -2.52. The largest absolute Gasteiger partial charge is 0.310 e. The second-order valence-electron chi connectivity index (χ2n) is 6.54. The van der Waals surface area contributed by atoms with Gasteiger partial charge in [0.2, 0.25) is 0 Å². The van der Waals surface area contributed by atoms with Gasteiger partial charge >= 0.3 is 0 Å². The van der Waals surface area contributed by atoms with Gasteiger partial charge in [-0.1, -0.05) is 26.2 Å². The van der Waals surface area contributed by atoms with Crippen LogP contribution in [0.15, 0.2) is 0 Å². The molecule has 2 unspecified atom stereocenters. The Kier molecular flexibility index (Phi) is 3.72. The van der Waals surface area contributed by atoms with Crippen LogP contribution >= 0.6 is 0 Å². The Bertz CT molecular complexity index is 241. The van der Waals surface area contributed by atoms with Crippen molar-refractivity contribution in [1.29, 1.82) is 0 Å². The van der Waals surface area contributed by atoms with Crippen LogP contribution in [0.25, 0.3) is 0 Å². The molecule has 2 nitrogen and oxygen atoms in total. The molecule has 0 spiro atoms. The molecule has 1 heterocycles. The number of nitrogens with one attached hydrogen (secondary N) is 1. The zero-order valence-electron chi connectivity index (χ0n) is 11.3. The van der Waals surface area contributed by atoms with Crippen LogP contribution in [0.1, 0.15) is 58.3 Å². The second-order valence-corrected chi connectivity index (χ2v) is 6.54. The zero-order valence-corrected chi connectivity index (χ0v) is 11.3. The van der Waals surface area contributed by atoms with Gasteiger partial charge in [0.15, 0.2) is 0 Å². The molecule has 0 aromatic rings. The number of hydrogen-bond acceptors (Lipinski definition) is 2. The van der Waals surface area contributed by atoms with Crippen molar-refractivity contribution in [2.75, 3.05) is 13.1 Å². The summed E-state index contributed by atoms with van der Waals surface area (Å²) < 4.78 is 0. The minimum atomic E-state index is 0.789. The van der Waals surface area contributed by atoms with Crippen molar-refractivity contribution in [3.05, 3.63) is 0 Å². The first-order valence-corrected chi connectivity index (χ1v) is 7.85. The fourth-order valence-electron chi connectivity index (χ4n) is 3.82. The molecule has 98 valence electrons. The molecule has 0 radical (unpaired) electrons. The van der Waals surface area contributed by atoms with E-state index in [1.165, 1.54) is 64.5 Å². The van der Waals surface area contributed by atoms with E-state index in [4.69, 9.17) is 0 Å². The summed E-state index contributed by atoms with van der Waals surface area (Å²) in [6.45, 7) is 5.08. The first kappa shape index (κ1) is 12.0. The van der Waals surface area contributed by atoms with Gasteiger partial charge in [0.1, 0.15) is 0 Å². The molecular weight excluding hydrogens is 208 g/mol. The van der Waals surface area contributed by atoms with Crippen LogP contribution in [0.5, 0.6) is 0 Å². The molecule has 2 aliphatic carbocycles. The average Bonchev–Trinajstić information content (AvgIpc) is 3.09. The highest BCUT2D eigenvalue weighted by Crippen LogP contribution is 2.32. The third kappa shape index (κ3) is 3.03. The summed E-state index contributed by atoms with van der Waals surface area (Å²) in [4.78, 5) is 2.78. The molecule has 3 fully saturated rings. The number of piperidine rings is 1. The van der Waals surface area contributed by atoms with Crippen LogP contribution in [0.2, 0.25) is 0 Å². The molecule has 1 N–H and O–H groups in total. The molecule has 1 aliphatic heterocycles. The number of hydrogen-bond donors (Lipinski definition) is 1. The Morgan fingerprint density at radius 2 is 1.76 bits per heavy atom. The Hall–Kier alpha value is -0.0800. The van der Waals surface area contributed by atoms with E-state index < -0.39 is 0 Å². The number of nitrogens with zero attached hydrogens (tertiary/aromatic N) is 1. The van der Waals surface area contributed by atoms with E-state index in [-0.39, 0.29) is 0 Å². The third-order valence-corrected chi connectivity index (χ3v) is 5.03. The molecule has 0 aromatic heterocycles. The Labute approximate surface area is 106 Å². The van der Waals surface area contributed by atoms with Gasteiger partial charge in [-0.05, 0) is 38.0 Å². The lowest BCUT2D eigenvalue weighted by atomic mass is 9.91. The predicted molar refractivity (Wildman–Crippen MR) is 72.2 cm³/mol. The quantitative estimate of drug-likeness (QED) is 0.807. The van der Waals surface area contributed by atoms with Gasteiger partial charge in [0, 0.05) is 31.2 Å². The van der Waals surface area contributed by atoms with E-state index in [0.717, 1.165) is 24.0 Å². The fourth-order valence-corrected chi connectivity index (χ4v) is 3.82. The average molecular weight is 236 g/mol. The maximum absolute atomic E-state index is 3.95. The molecule has 3 aliphatic rings. The van der Waals surface area contributed by atoms with Crippen molar-refractivity contribution >= 4 is 0 Å². The summed E-state index contributed by atoms with van der Waals surface area (Å²) in [6.07, 6.45) is 11.5. The lowest BCUT2D eigenvalue weighted by molar-refractivity contribution is 0.125. The molecule has 17 heavy (non-hydrogen) atoms. The summed E-state index contributed by atoms with van der Waals surface area (Å²) in [7, 11) is 0. The van der Waals surface area contributed by atoms with Crippen molar-refractivity contribution in [2.24, 2.45) is 5.92 Å². The Morgan fingerprint density at radius 3 is 2.41 bits per heavy atom. The van der Waals surface area contributed by atoms with Crippen LogP contribution in [0, 0.1) is 5.92 Å². The highest BCUT2D eigenvalue weighted by atomic mass is 15.2. The van der Waals surface area contributed by atoms with Crippen molar-refractivity contribution < 1.29 is 0 Å². The van der Waals surface area contributed by atoms with Gasteiger partial charge in [-0.2, -0.15) is 0 Å². The molecule has 0 amide bonds. The Morgan fingerprint density at radius 1 is 1.00 bits per heavy atom. The van der Waals surface area contributed by atoms with Crippen LogP contribution in [0.4, 0.5) is 0 Å². The topological polar surface area (TPSA) is 15.3 Å². The van der Waals surface area contributed by atoms with Gasteiger partial charge in [0.25, 0.3) is 0 Å². The summed E-state index contributed by atoms with van der Waals surface area (Å²) in [5.74, 6) is 0.947. The number of likely N-dealkylation sites (tertiary alicyclic amines) is 1. The van der Waals surface area contributed by atoms with Gasteiger partial charge in [0.05, 0.1) is 0 Å². The maximum atomic E-state index is 3.95. The minimum absolute atomic E-state index is 0.789. The fraction of sp³-hybridized carbons (Fsp3) is 1.00. The summed E-state index contributed by atoms with van der Waals surface area (Å²) in [5.41, 5.74) is 0. The van der Waals surface area contributed by atoms with E-state index in [1.54, 1.807) is 0 Å². The SMILES string of the molecule is CCC1CC(NC2CCCC2)CN(C2CC2)C1. The lowest BCUT2D eigenvalue weighted by Gasteiger charge is -2.39. The molecule has 2 saturated carbocycles. The Balaban J connectivity index is 1.54. The summed E-state index contributed by atoms with van der Waals surface area (Å²) in [6, 6.07) is 2.59. The predicted octanol–water partition coefficient (Wildman–Crippen LogP) is 2.78. The van der Waals surface area contributed by atoms with Crippen LogP contribution in [0.3, 0.4) is 0 Å². The molecular formula is C15H28N2. The van der Waals surface area contributed by atoms with Crippen molar-refractivity contribution in [3.8, 4) is 0 Å². The molecule has 0 aromatic carbocycles. The van der Waals surface area contributed by atoms with Crippen LogP contribution in [-0.4, -0.2) is 36.1 Å². The summed E-state index contributed by atoms with van der Waals surface area (Å²) in [5, 5.41) is 3.95.